The number of furan rings is 1. The zero-order chi connectivity index (χ0) is 34.9. The van der Waals surface area contributed by atoms with Crippen LogP contribution < -0.4 is 0 Å². The molecule has 0 fully saturated rings. The number of hydrogen-bond acceptors (Lipinski definition) is 1. The van der Waals surface area contributed by atoms with E-state index in [1.807, 2.05) is 0 Å². The maximum absolute atomic E-state index is 6.73. The van der Waals surface area contributed by atoms with Gasteiger partial charge in [0.15, 0.2) is 0 Å². The number of benzene rings is 10. The third-order valence-electron chi connectivity index (χ3n) is 11.0. The molecule has 246 valence electrons. The van der Waals surface area contributed by atoms with Crippen LogP contribution in [0.4, 0.5) is 0 Å². The van der Waals surface area contributed by atoms with Gasteiger partial charge in [-0.1, -0.05) is 176 Å². The maximum atomic E-state index is 6.73. The summed E-state index contributed by atoms with van der Waals surface area (Å²) in [5.74, 6) is 0. The largest absolute Gasteiger partial charge is 0.455 e. The van der Waals surface area contributed by atoms with E-state index in [1.165, 1.54) is 87.6 Å². The minimum absolute atomic E-state index is 0.920. The van der Waals surface area contributed by atoms with Gasteiger partial charge in [0.05, 0.1) is 0 Å². The molecule has 0 N–H and O–H groups in total. The molecule has 0 aliphatic rings. The minimum Gasteiger partial charge on any atom is -0.455 e. The molecule has 0 saturated heterocycles. The third kappa shape index (κ3) is 4.58. The van der Waals surface area contributed by atoms with Crippen molar-refractivity contribution in [1.82, 2.24) is 0 Å². The third-order valence-corrected chi connectivity index (χ3v) is 11.0. The molecule has 0 bridgehead atoms. The molecule has 1 nitrogen and oxygen atoms in total. The molecule has 0 atom stereocenters. The van der Waals surface area contributed by atoms with Gasteiger partial charge in [0.2, 0.25) is 0 Å². The van der Waals surface area contributed by atoms with E-state index in [4.69, 9.17) is 4.42 Å². The molecule has 0 aliphatic carbocycles. The number of fused-ring (bicyclic) bond motifs is 9. The fourth-order valence-electron chi connectivity index (χ4n) is 8.73. The van der Waals surface area contributed by atoms with E-state index in [2.05, 4.69) is 194 Å². The molecular weight excluding hydrogens is 641 g/mol. The molecule has 0 radical (unpaired) electrons. The molecule has 53 heavy (non-hydrogen) atoms. The summed E-state index contributed by atoms with van der Waals surface area (Å²) in [6.45, 7) is 0. The fraction of sp³-hybridized carbons (Fsp3) is 0. The van der Waals surface area contributed by atoms with Crippen LogP contribution in [0.25, 0.3) is 110 Å². The van der Waals surface area contributed by atoms with Crippen LogP contribution in [-0.2, 0) is 0 Å². The summed E-state index contributed by atoms with van der Waals surface area (Å²) < 4.78 is 6.73. The van der Waals surface area contributed by atoms with E-state index in [9.17, 15) is 0 Å². The van der Waals surface area contributed by atoms with Gasteiger partial charge in [-0.05, 0) is 100 Å². The van der Waals surface area contributed by atoms with E-state index in [0.717, 1.165) is 21.9 Å². The molecule has 0 unspecified atom stereocenters. The van der Waals surface area contributed by atoms with Gasteiger partial charge in [-0.15, -0.1) is 0 Å². The number of hydrogen-bond donors (Lipinski definition) is 0. The van der Waals surface area contributed by atoms with E-state index in [1.54, 1.807) is 0 Å². The second-order valence-electron chi connectivity index (χ2n) is 13.9. The summed E-state index contributed by atoms with van der Waals surface area (Å²) in [6, 6.07) is 70.5. The van der Waals surface area contributed by atoms with Crippen molar-refractivity contribution in [2.45, 2.75) is 0 Å². The first-order chi connectivity index (χ1) is 26.3. The zero-order valence-corrected chi connectivity index (χ0v) is 28.9. The van der Waals surface area contributed by atoms with Gasteiger partial charge in [0.25, 0.3) is 0 Å². The molecule has 1 heteroatoms. The van der Waals surface area contributed by atoms with Crippen molar-refractivity contribution in [3.05, 3.63) is 194 Å². The fourth-order valence-corrected chi connectivity index (χ4v) is 8.73. The van der Waals surface area contributed by atoms with Gasteiger partial charge in [-0.3, -0.25) is 0 Å². The first-order valence-corrected chi connectivity index (χ1v) is 18.3. The lowest BCUT2D eigenvalue weighted by molar-refractivity contribution is 0.673. The predicted molar refractivity (Wildman–Crippen MR) is 225 cm³/mol. The molecule has 0 amide bonds. The molecule has 0 spiro atoms. The molecule has 1 aromatic heterocycles. The Hall–Kier alpha value is -6.96. The van der Waals surface area contributed by atoms with Crippen LogP contribution in [0.3, 0.4) is 0 Å². The van der Waals surface area contributed by atoms with Crippen LogP contribution in [0, 0.1) is 0 Å². The Bertz CT molecular complexity index is 3090. The Morgan fingerprint density at radius 3 is 1.43 bits per heavy atom. The molecule has 11 aromatic rings. The lowest BCUT2D eigenvalue weighted by atomic mass is 9.81. The highest BCUT2D eigenvalue weighted by Gasteiger charge is 2.22. The standard InChI is InChI=1S/C52H32O/c1-3-14-33(15-4-1)39-24-13-25-40(34-16-5-2-6-17-34)50(39)51-43-22-11-9-20-41(43)48(42-21-10-12-23-44(42)51)37-27-26-36-28-30-45-49-38-19-8-7-18-35(38)29-31-47(49)53-52(45)46(36)32-37/h1-32H. The van der Waals surface area contributed by atoms with Gasteiger partial charge in [0.1, 0.15) is 11.2 Å². The first kappa shape index (κ1) is 29.7. The van der Waals surface area contributed by atoms with Crippen LogP contribution in [-0.4, -0.2) is 0 Å². The highest BCUT2D eigenvalue weighted by atomic mass is 16.3. The van der Waals surface area contributed by atoms with Crippen molar-refractivity contribution >= 4 is 65.0 Å². The molecule has 0 aliphatic heterocycles. The minimum atomic E-state index is 0.920. The molecule has 0 saturated carbocycles. The highest BCUT2D eigenvalue weighted by Crippen LogP contribution is 2.50. The van der Waals surface area contributed by atoms with Crippen molar-refractivity contribution in [3.8, 4) is 44.5 Å². The van der Waals surface area contributed by atoms with Crippen LogP contribution in [0.15, 0.2) is 199 Å². The Morgan fingerprint density at radius 1 is 0.283 bits per heavy atom. The van der Waals surface area contributed by atoms with Crippen molar-refractivity contribution in [2.24, 2.45) is 0 Å². The Morgan fingerprint density at radius 2 is 0.792 bits per heavy atom. The second kappa shape index (κ2) is 11.8. The second-order valence-corrected chi connectivity index (χ2v) is 13.9. The smallest absolute Gasteiger partial charge is 0.143 e. The molecule has 1 heterocycles. The van der Waals surface area contributed by atoms with Crippen molar-refractivity contribution in [1.29, 1.82) is 0 Å². The Kier molecular flexibility index (Phi) is 6.62. The first-order valence-electron chi connectivity index (χ1n) is 18.3. The molecule has 10 aromatic carbocycles. The lowest BCUT2D eigenvalue weighted by Gasteiger charge is -2.22. The van der Waals surface area contributed by atoms with Gasteiger partial charge < -0.3 is 4.42 Å². The van der Waals surface area contributed by atoms with Crippen LogP contribution in [0.1, 0.15) is 0 Å². The molecule has 11 rings (SSSR count). The van der Waals surface area contributed by atoms with E-state index >= 15 is 0 Å². The van der Waals surface area contributed by atoms with Crippen LogP contribution in [0.5, 0.6) is 0 Å². The average Bonchev–Trinajstić information content (AvgIpc) is 3.63. The van der Waals surface area contributed by atoms with Crippen molar-refractivity contribution in [2.75, 3.05) is 0 Å². The maximum Gasteiger partial charge on any atom is 0.143 e. The van der Waals surface area contributed by atoms with Gasteiger partial charge >= 0.3 is 0 Å². The van der Waals surface area contributed by atoms with Gasteiger partial charge in [0, 0.05) is 16.2 Å². The topological polar surface area (TPSA) is 13.1 Å². The Labute approximate surface area is 307 Å². The van der Waals surface area contributed by atoms with Crippen LogP contribution >= 0.6 is 0 Å². The zero-order valence-electron chi connectivity index (χ0n) is 28.9. The van der Waals surface area contributed by atoms with E-state index in [0.29, 0.717) is 0 Å². The van der Waals surface area contributed by atoms with Gasteiger partial charge in [-0.2, -0.15) is 0 Å². The average molecular weight is 673 g/mol. The van der Waals surface area contributed by atoms with Gasteiger partial charge in [-0.25, -0.2) is 0 Å². The summed E-state index contributed by atoms with van der Waals surface area (Å²) in [5, 5.41) is 12.0. The van der Waals surface area contributed by atoms with E-state index < -0.39 is 0 Å². The predicted octanol–water partition coefficient (Wildman–Crippen LogP) is 14.9. The molecular formula is C52H32O. The summed E-state index contributed by atoms with van der Waals surface area (Å²) >= 11 is 0. The summed E-state index contributed by atoms with van der Waals surface area (Å²) in [4.78, 5) is 0. The summed E-state index contributed by atoms with van der Waals surface area (Å²) in [5.41, 5.74) is 11.6. The normalized spacial score (nSPS) is 11.8. The highest BCUT2D eigenvalue weighted by molar-refractivity contribution is 6.26. The quantitative estimate of drug-likeness (QED) is 0.170. The van der Waals surface area contributed by atoms with Crippen LogP contribution in [0.2, 0.25) is 0 Å². The van der Waals surface area contributed by atoms with Crippen molar-refractivity contribution in [3.63, 3.8) is 0 Å². The monoisotopic (exact) mass is 672 g/mol. The summed E-state index contributed by atoms with van der Waals surface area (Å²) in [6.07, 6.45) is 0. The number of rotatable bonds is 4. The lowest BCUT2D eigenvalue weighted by Crippen LogP contribution is -1.95. The Balaban J connectivity index is 1.24. The SMILES string of the molecule is c1ccc(-c2cccc(-c3ccccc3)c2-c2c3ccccc3c(-c3ccc4ccc5c(oc6ccc7ccccc7c65)c4c3)c3ccccc23)cc1. The van der Waals surface area contributed by atoms with E-state index in [-0.39, 0.29) is 0 Å². The summed E-state index contributed by atoms with van der Waals surface area (Å²) in [7, 11) is 0. The van der Waals surface area contributed by atoms with Crippen molar-refractivity contribution < 1.29 is 4.42 Å².